The minimum atomic E-state index is -0.414. The minimum Gasteiger partial charge on any atom is -0.207 e. The first-order chi connectivity index (χ1) is 8.58. The summed E-state index contributed by atoms with van der Waals surface area (Å²) in [4.78, 5) is -0.193. The summed E-state index contributed by atoms with van der Waals surface area (Å²) < 4.78 is 26.6. The van der Waals surface area contributed by atoms with E-state index >= 15 is 0 Å². The Hall–Kier alpha value is -0.930. The average molecular weight is 332 g/mol. The lowest BCUT2D eigenvalue weighted by molar-refractivity contribution is 0.608. The second kappa shape index (κ2) is 5.81. The molecule has 18 heavy (non-hydrogen) atoms. The Morgan fingerprint density at radius 1 is 1.06 bits per heavy atom. The second-order valence-corrected chi connectivity index (χ2v) is 5.45. The lowest BCUT2D eigenvalue weighted by Crippen LogP contribution is -1.99. The summed E-state index contributed by atoms with van der Waals surface area (Å²) in [7, 11) is 0. The van der Waals surface area contributed by atoms with Gasteiger partial charge < -0.3 is 0 Å². The zero-order chi connectivity index (χ0) is 13.1. The van der Waals surface area contributed by atoms with Crippen LogP contribution >= 0.6 is 27.5 Å². The van der Waals surface area contributed by atoms with E-state index in [-0.39, 0.29) is 15.7 Å². The number of hydrogen-bond acceptors (Lipinski definition) is 0. The van der Waals surface area contributed by atoms with Crippen molar-refractivity contribution in [1.29, 1.82) is 0 Å². The molecular weight excluding hydrogens is 322 g/mol. The summed E-state index contributed by atoms with van der Waals surface area (Å²) in [5.41, 5.74) is 1.43. The Bertz CT molecular complexity index is 540. The summed E-state index contributed by atoms with van der Waals surface area (Å²) in [6.45, 7) is 0. The monoisotopic (exact) mass is 330 g/mol. The maximum atomic E-state index is 13.8. The van der Waals surface area contributed by atoms with Crippen molar-refractivity contribution in [2.45, 2.75) is 11.2 Å². The molecule has 0 aliphatic heterocycles. The average Bonchev–Trinajstić information content (AvgIpc) is 2.35. The maximum absolute atomic E-state index is 13.8. The molecule has 0 aromatic heterocycles. The highest BCUT2D eigenvalue weighted by Crippen LogP contribution is 2.31. The van der Waals surface area contributed by atoms with Crippen molar-refractivity contribution in [2.75, 3.05) is 0 Å². The van der Waals surface area contributed by atoms with E-state index in [1.807, 2.05) is 0 Å². The van der Waals surface area contributed by atoms with Gasteiger partial charge in [-0.1, -0.05) is 51.8 Å². The van der Waals surface area contributed by atoms with Gasteiger partial charge in [-0.15, -0.1) is 0 Å². The van der Waals surface area contributed by atoms with E-state index in [2.05, 4.69) is 15.9 Å². The summed E-state index contributed by atoms with van der Waals surface area (Å²) in [5, 5.41) is 0.107. The van der Waals surface area contributed by atoms with Crippen molar-refractivity contribution in [1.82, 2.24) is 0 Å². The van der Waals surface area contributed by atoms with Gasteiger partial charge >= 0.3 is 0 Å². The highest BCUT2D eigenvalue weighted by molar-refractivity contribution is 9.09. The third-order valence-electron chi connectivity index (χ3n) is 2.65. The fraction of sp³-hybridized carbons (Fsp3) is 0.143. The van der Waals surface area contributed by atoms with Crippen LogP contribution in [0.4, 0.5) is 8.78 Å². The SMILES string of the molecule is Fc1ccc(CC(Br)c2cccc(Cl)c2F)cc1. The van der Waals surface area contributed by atoms with Gasteiger partial charge in [0.05, 0.1) is 5.02 Å². The molecule has 2 rings (SSSR count). The molecule has 0 N–H and O–H groups in total. The van der Waals surface area contributed by atoms with Crippen LogP contribution in [0.3, 0.4) is 0 Å². The van der Waals surface area contributed by atoms with Gasteiger partial charge in [-0.05, 0) is 30.2 Å². The van der Waals surface area contributed by atoms with Crippen LogP contribution in [-0.4, -0.2) is 0 Å². The summed E-state index contributed by atoms with van der Waals surface area (Å²) in [5.74, 6) is -0.693. The van der Waals surface area contributed by atoms with Crippen LogP contribution in [0.15, 0.2) is 42.5 Å². The lowest BCUT2D eigenvalue weighted by Gasteiger charge is -2.12. The molecule has 0 aliphatic rings. The number of benzene rings is 2. The Balaban J connectivity index is 2.19. The molecule has 0 heterocycles. The molecule has 0 radical (unpaired) electrons. The quantitative estimate of drug-likeness (QED) is 0.670. The fourth-order valence-electron chi connectivity index (χ4n) is 1.70. The predicted octanol–water partition coefficient (Wildman–Crippen LogP) is 5.30. The number of rotatable bonds is 3. The summed E-state index contributed by atoms with van der Waals surface area (Å²) in [6.07, 6.45) is 0.567. The van der Waals surface area contributed by atoms with Gasteiger partial charge in [-0.3, -0.25) is 0 Å². The zero-order valence-electron chi connectivity index (χ0n) is 9.34. The van der Waals surface area contributed by atoms with Gasteiger partial charge in [0.1, 0.15) is 11.6 Å². The molecule has 0 amide bonds. The molecule has 0 saturated heterocycles. The Kier molecular flexibility index (Phi) is 4.36. The normalized spacial score (nSPS) is 12.4. The largest absolute Gasteiger partial charge is 0.207 e. The molecule has 0 aliphatic carbocycles. The van der Waals surface area contributed by atoms with E-state index in [4.69, 9.17) is 11.6 Å². The second-order valence-electron chi connectivity index (χ2n) is 3.94. The van der Waals surface area contributed by atoms with Gasteiger partial charge in [0.15, 0.2) is 0 Å². The highest BCUT2D eigenvalue weighted by Gasteiger charge is 2.15. The van der Waals surface area contributed by atoms with Gasteiger partial charge in [-0.25, -0.2) is 8.78 Å². The highest BCUT2D eigenvalue weighted by atomic mass is 79.9. The molecule has 0 fully saturated rings. The molecule has 0 spiro atoms. The first-order valence-corrected chi connectivity index (χ1v) is 6.69. The molecule has 1 atom stereocenters. The standard InChI is InChI=1S/C14H10BrClF2/c15-12(8-9-4-6-10(17)7-5-9)11-2-1-3-13(16)14(11)18/h1-7,12H,8H2. The molecule has 94 valence electrons. The van der Waals surface area contributed by atoms with Gasteiger partial charge in [0.2, 0.25) is 0 Å². The van der Waals surface area contributed by atoms with Crippen LogP contribution in [0.5, 0.6) is 0 Å². The summed E-state index contributed by atoms with van der Waals surface area (Å²) >= 11 is 9.17. The van der Waals surface area contributed by atoms with Gasteiger partial charge in [-0.2, -0.15) is 0 Å². The van der Waals surface area contributed by atoms with E-state index in [9.17, 15) is 8.78 Å². The van der Waals surface area contributed by atoms with Crippen molar-refractivity contribution in [2.24, 2.45) is 0 Å². The van der Waals surface area contributed by atoms with Crippen LogP contribution in [0.25, 0.3) is 0 Å². The molecule has 0 nitrogen and oxygen atoms in total. The zero-order valence-corrected chi connectivity index (χ0v) is 11.7. The van der Waals surface area contributed by atoms with Crippen molar-refractivity contribution in [3.05, 3.63) is 70.2 Å². The molecule has 2 aromatic carbocycles. The third-order valence-corrected chi connectivity index (χ3v) is 3.76. The molecule has 0 bridgehead atoms. The molecular formula is C14H10BrClF2. The van der Waals surface area contributed by atoms with E-state index in [0.717, 1.165) is 5.56 Å². The molecule has 4 heteroatoms. The van der Waals surface area contributed by atoms with Crippen molar-refractivity contribution in [3.63, 3.8) is 0 Å². The Labute approximate surface area is 118 Å². The smallest absolute Gasteiger partial charge is 0.146 e. The number of alkyl halides is 1. The minimum absolute atomic E-state index is 0.107. The molecule has 2 aromatic rings. The van der Waals surface area contributed by atoms with E-state index < -0.39 is 5.82 Å². The van der Waals surface area contributed by atoms with Crippen molar-refractivity contribution in [3.8, 4) is 0 Å². The van der Waals surface area contributed by atoms with Crippen LogP contribution in [-0.2, 0) is 6.42 Å². The number of hydrogen-bond donors (Lipinski definition) is 0. The molecule has 0 saturated carbocycles. The van der Waals surface area contributed by atoms with Crippen molar-refractivity contribution >= 4 is 27.5 Å². The van der Waals surface area contributed by atoms with E-state index in [1.165, 1.54) is 18.2 Å². The third kappa shape index (κ3) is 3.09. The molecule has 1 unspecified atom stereocenters. The van der Waals surface area contributed by atoms with Crippen LogP contribution in [0.2, 0.25) is 5.02 Å². The van der Waals surface area contributed by atoms with E-state index in [1.54, 1.807) is 24.3 Å². The van der Waals surface area contributed by atoms with Crippen LogP contribution in [0, 0.1) is 11.6 Å². The van der Waals surface area contributed by atoms with Gasteiger partial charge in [0.25, 0.3) is 0 Å². The topological polar surface area (TPSA) is 0 Å². The predicted molar refractivity (Wildman–Crippen MR) is 73.2 cm³/mol. The van der Waals surface area contributed by atoms with Crippen molar-refractivity contribution < 1.29 is 8.78 Å². The van der Waals surface area contributed by atoms with E-state index in [0.29, 0.717) is 12.0 Å². The first-order valence-electron chi connectivity index (χ1n) is 5.40. The first kappa shape index (κ1) is 13.5. The summed E-state index contributed by atoms with van der Waals surface area (Å²) in [6, 6.07) is 11.1. The number of halogens is 4. The Morgan fingerprint density at radius 3 is 2.39 bits per heavy atom. The van der Waals surface area contributed by atoms with Crippen LogP contribution < -0.4 is 0 Å². The maximum Gasteiger partial charge on any atom is 0.146 e. The lowest BCUT2D eigenvalue weighted by atomic mass is 10.0. The van der Waals surface area contributed by atoms with Crippen LogP contribution in [0.1, 0.15) is 16.0 Å². The Morgan fingerprint density at radius 2 is 1.72 bits per heavy atom. The van der Waals surface area contributed by atoms with Gasteiger partial charge in [0, 0.05) is 10.4 Å². The fourth-order valence-corrected chi connectivity index (χ4v) is 2.61.